The molecule has 9 heteroatoms. The Balaban J connectivity index is 1.25. The van der Waals surface area contributed by atoms with Gasteiger partial charge in [-0.2, -0.15) is 5.10 Å². The fourth-order valence-corrected chi connectivity index (χ4v) is 3.98. The largest absolute Gasteiger partial charge is 0.444 e. The van der Waals surface area contributed by atoms with E-state index in [-0.39, 0.29) is 6.09 Å². The van der Waals surface area contributed by atoms with Crippen molar-refractivity contribution in [2.45, 2.75) is 39.3 Å². The highest BCUT2D eigenvalue weighted by molar-refractivity contribution is 5.82. The summed E-state index contributed by atoms with van der Waals surface area (Å²) in [6, 6.07) is 8.28. The van der Waals surface area contributed by atoms with E-state index in [4.69, 9.17) is 4.74 Å². The van der Waals surface area contributed by atoms with Gasteiger partial charge in [0.15, 0.2) is 0 Å². The lowest BCUT2D eigenvalue weighted by Crippen LogP contribution is -2.39. The number of rotatable bonds is 4. The smallest absolute Gasteiger partial charge is 0.410 e. The highest BCUT2D eigenvalue weighted by Crippen LogP contribution is 2.23. The summed E-state index contributed by atoms with van der Waals surface area (Å²) in [6.07, 6.45) is 11.4. The Morgan fingerprint density at radius 3 is 2.71 bits per heavy atom. The maximum atomic E-state index is 12.3. The summed E-state index contributed by atoms with van der Waals surface area (Å²) < 4.78 is 9.36. The van der Waals surface area contributed by atoms with E-state index in [2.05, 4.69) is 49.0 Å². The molecule has 1 aliphatic rings. The summed E-state index contributed by atoms with van der Waals surface area (Å²) in [5.74, 6) is 0. The van der Waals surface area contributed by atoms with Crippen molar-refractivity contribution in [3.8, 4) is 5.69 Å². The van der Waals surface area contributed by atoms with Gasteiger partial charge in [-0.3, -0.25) is 9.97 Å². The number of carbonyl (C=O) groups is 1. The molecule has 1 aliphatic heterocycles. The van der Waals surface area contributed by atoms with Crippen LogP contribution in [0.1, 0.15) is 38.6 Å². The Morgan fingerprint density at radius 2 is 2.03 bits per heavy atom. The summed E-state index contributed by atoms with van der Waals surface area (Å²) in [5.41, 5.74) is 4.43. The van der Waals surface area contributed by atoms with Crippen LogP contribution in [0.25, 0.3) is 22.2 Å². The lowest BCUT2D eigenvalue weighted by molar-refractivity contribution is 0.0270. The molecule has 174 valence electrons. The Labute approximate surface area is 197 Å². The first-order valence-corrected chi connectivity index (χ1v) is 11.3. The van der Waals surface area contributed by atoms with Gasteiger partial charge in [0, 0.05) is 30.2 Å². The molecule has 0 fully saturated rings. The fourth-order valence-electron chi connectivity index (χ4n) is 3.98. The monoisotopic (exact) mass is 457 g/mol. The summed E-state index contributed by atoms with van der Waals surface area (Å²) >= 11 is 0. The van der Waals surface area contributed by atoms with Crippen molar-refractivity contribution in [3.05, 3.63) is 73.0 Å². The Hall–Kier alpha value is -4.01. The van der Waals surface area contributed by atoms with E-state index in [0.29, 0.717) is 19.6 Å². The number of ether oxygens (including phenoxy) is 1. The number of hydrogen-bond acceptors (Lipinski definition) is 6. The number of nitrogens with zero attached hydrogens (tertiary/aromatic N) is 7. The molecular formula is C25H27N7O2. The zero-order chi connectivity index (χ0) is 23.7. The van der Waals surface area contributed by atoms with E-state index in [0.717, 1.165) is 40.0 Å². The number of amides is 1. The number of carbonyl (C=O) groups excluding carboxylic acids is 1. The highest BCUT2D eigenvalue weighted by Gasteiger charge is 2.24. The minimum Gasteiger partial charge on any atom is -0.444 e. The van der Waals surface area contributed by atoms with Crippen molar-refractivity contribution in [1.82, 2.24) is 34.2 Å². The van der Waals surface area contributed by atoms with Gasteiger partial charge in [0.25, 0.3) is 0 Å². The first-order valence-electron chi connectivity index (χ1n) is 11.3. The van der Waals surface area contributed by atoms with Crippen molar-refractivity contribution in [2.24, 2.45) is 0 Å². The van der Waals surface area contributed by atoms with Gasteiger partial charge in [-0.15, -0.1) is 0 Å². The van der Waals surface area contributed by atoms with Crippen molar-refractivity contribution in [2.75, 3.05) is 13.1 Å². The predicted molar refractivity (Wildman–Crippen MR) is 128 cm³/mol. The van der Waals surface area contributed by atoms with Crippen molar-refractivity contribution in [3.63, 3.8) is 0 Å². The van der Waals surface area contributed by atoms with Crippen LogP contribution >= 0.6 is 0 Å². The molecule has 0 N–H and O–H groups in total. The predicted octanol–water partition coefficient (Wildman–Crippen LogP) is 4.08. The van der Waals surface area contributed by atoms with E-state index in [1.165, 1.54) is 6.33 Å². The zero-order valence-corrected chi connectivity index (χ0v) is 19.5. The number of fused-ring (bicyclic) bond motifs is 1. The lowest BCUT2D eigenvalue weighted by Gasteiger charge is -2.29. The molecule has 0 aliphatic carbocycles. The molecule has 34 heavy (non-hydrogen) atoms. The van der Waals surface area contributed by atoms with E-state index < -0.39 is 5.60 Å². The van der Waals surface area contributed by atoms with Crippen LogP contribution in [0.4, 0.5) is 4.79 Å². The molecule has 1 aromatic carbocycles. The number of benzene rings is 1. The van der Waals surface area contributed by atoms with Gasteiger partial charge in [0.05, 0.1) is 36.0 Å². The maximum absolute atomic E-state index is 12.3. The SMILES string of the molecule is CC(C)(C)OC(=O)N1CC=C(c2cnc(Cn3ccc4cc(-n5cncn5)ccc43)cn2)CC1. The van der Waals surface area contributed by atoms with Gasteiger partial charge in [-0.1, -0.05) is 6.08 Å². The third-order valence-corrected chi connectivity index (χ3v) is 5.67. The molecule has 9 nitrogen and oxygen atoms in total. The normalized spacial score (nSPS) is 14.3. The van der Waals surface area contributed by atoms with E-state index in [1.807, 2.05) is 45.3 Å². The van der Waals surface area contributed by atoms with Crippen molar-refractivity contribution >= 4 is 22.6 Å². The van der Waals surface area contributed by atoms with Crippen LogP contribution in [-0.4, -0.2) is 59.0 Å². The Kier molecular flexibility index (Phi) is 5.61. The maximum Gasteiger partial charge on any atom is 0.410 e. The lowest BCUT2D eigenvalue weighted by atomic mass is 10.1. The second kappa shape index (κ2) is 8.74. The molecule has 5 rings (SSSR count). The molecule has 3 aromatic heterocycles. The van der Waals surface area contributed by atoms with Gasteiger partial charge in [-0.05, 0) is 57.0 Å². The first-order chi connectivity index (χ1) is 16.4. The van der Waals surface area contributed by atoms with Gasteiger partial charge in [0.2, 0.25) is 0 Å². The topological polar surface area (TPSA) is 91.0 Å². The minimum atomic E-state index is -0.493. The second-order valence-electron chi connectivity index (χ2n) is 9.33. The molecule has 4 aromatic rings. The Morgan fingerprint density at radius 1 is 1.15 bits per heavy atom. The number of aromatic nitrogens is 6. The average Bonchev–Trinajstić information content (AvgIpc) is 3.49. The summed E-state index contributed by atoms with van der Waals surface area (Å²) in [7, 11) is 0. The van der Waals surface area contributed by atoms with Gasteiger partial charge >= 0.3 is 6.09 Å². The van der Waals surface area contributed by atoms with Crippen LogP contribution in [0, 0.1) is 0 Å². The Bertz CT molecular complexity index is 1330. The summed E-state index contributed by atoms with van der Waals surface area (Å²) in [6.45, 7) is 7.38. The molecule has 1 amide bonds. The standard InChI is InChI=1S/C25H27N7O2/c1-25(2,3)34-24(33)30-9-6-18(7-10-30)22-14-27-20(13-28-22)15-31-11-8-19-12-21(4-5-23(19)31)32-17-26-16-29-32/h4-6,8,11-14,16-17H,7,9-10,15H2,1-3H3. The molecule has 0 bridgehead atoms. The summed E-state index contributed by atoms with van der Waals surface area (Å²) in [4.78, 5) is 27.3. The molecular weight excluding hydrogens is 430 g/mol. The molecule has 0 saturated heterocycles. The minimum absolute atomic E-state index is 0.281. The highest BCUT2D eigenvalue weighted by atomic mass is 16.6. The molecule has 0 atom stereocenters. The third-order valence-electron chi connectivity index (χ3n) is 5.67. The van der Waals surface area contributed by atoms with Crippen molar-refractivity contribution in [1.29, 1.82) is 0 Å². The average molecular weight is 458 g/mol. The quantitative estimate of drug-likeness (QED) is 0.459. The van der Waals surface area contributed by atoms with Crippen molar-refractivity contribution < 1.29 is 9.53 Å². The fraction of sp³-hybridized carbons (Fsp3) is 0.320. The third kappa shape index (κ3) is 4.68. The van der Waals surface area contributed by atoms with Crippen LogP contribution in [0.15, 0.2) is 61.6 Å². The summed E-state index contributed by atoms with van der Waals surface area (Å²) in [5, 5.41) is 5.32. The van der Waals surface area contributed by atoms with Crippen LogP contribution in [0.5, 0.6) is 0 Å². The van der Waals surface area contributed by atoms with Crippen LogP contribution < -0.4 is 0 Å². The van der Waals surface area contributed by atoms with Crippen LogP contribution in [0.3, 0.4) is 0 Å². The van der Waals surface area contributed by atoms with Crippen LogP contribution in [-0.2, 0) is 11.3 Å². The number of hydrogen-bond donors (Lipinski definition) is 0. The molecule has 4 heterocycles. The van der Waals surface area contributed by atoms with E-state index in [1.54, 1.807) is 15.9 Å². The van der Waals surface area contributed by atoms with E-state index in [9.17, 15) is 4.79 Å². The molecule has 0 spiro atoms. The second-order valence-corrected chi connectivity index (χ2v) is 9.33. The van der Waals surface area contributed by atoms with E-state index >= 15 is 0 Å². The molecule has 0 unspecified atom stereocenters. The van der Waals surface area contributed by atoms with Gasteiger partial charge < -0.3 is 14.2 Å². The molecule has 0 saturated carbocycles. The first kappa shape index (κ1) is 21.8. The van der Waals surface area contributed by atoms with Crippen LogP contribution in [0.2, 0.25) is 0 Å². The molecule has 0 radical (unpaired) electrons. The van der Waals surface area contributed by atoms with Gasteiger partial charge in [0.1, 0.15) is 18.3 Å². The van der Waals surface area contributed by atoms with Gasteiger partial charge in [-0.25, -0.2) is 14.5 Å². The zero-order valence-electron chi connectivity index (χ0n) is 19.5.